The molecule has 7 nitrogen and oxygen atoms in total. The maximum absolute atomic E-state index is 12.5. The van der Waals surface area contributed by atoms with Gasteiger partial charge in [-0.05, 0) is 18.9 Å². The maximum atomic E-state index is 12.5. The number of carbonyl (C=O) groups excluding carboxylic acids is 1. The van der Waals surface area contributed by atoms with Crippen LogP contribution in [0.15, 0.2) is 30.9 Å². The van der Waals surface area contributed by atoms with E-state index in [9.17, 15) is 4.79 Å². The second-order valence-corrected chi connectivity index (χ2v) is 8.19. The minimum atomic E-state index is 0.0603. The number of nitrogens with one attached hydrogen (secondary N) is 1. The molecular formula is C19H24ClN5O2. The van der Waals surface area contributed by atoms with Crippen LogP contribution in [0.25, 0.3) is 5.69 Å². The molecule has 27 heavy (non-hydrogen) atoms. The number of halogens is 1. The van der Waals surface area contributed by atoms with E-state index in [1.165, 1.54) is 0 Å². The molecule has 4 rings (SSSR count). The van der Waals surface area contributed by atoms with Crippen LogP contribution in [0, 0.1) is 11.3 Å². The Bertz CT molecular complexity index is 812. The maximum Gasteiger partial charge on any atom is 0.223 e. The van der Waals surface area contributed by atoms with Gasteiger partial charge in [-0.15, -0.1) is 0 Å². The van der Waals surface area contributed by atoms with Crippen molar-refractivity contribution >= 4 is 23.2 Å². The Morgan fingerprint density at radius 3 is 2.74 bits per heavy atom. The molecule has 2 aliphatic heterocycles. The molecule has 2 aromatic heterocycles. The number of nitrogens with zero attached hydrogens (tertiary/aromatic N) is 4. The molecule has 0 aliphatic carbocycles. The number of ether oxygens (including phenoxy) is 1. The minimum Gasteiger partial charge on any atom is -0.380 e. The summed E-state index contributed by atoms with van der Waals surface area (Å²) in [6, 6.07) is 1.93. The van der Waals surface area contributed by atoms with Crippen LogP contribution in [0.5, 0.6) is 0 Å². The van der Waals surface area contributed by atoms with Crippen molar-refractivity contribution in [3.63, 3.8) is 0 Å². The largest absolute Gasteiger partial charge is 0.380 e. The van der Waals surface area contributed by atoms with Crippen LogP contribution in [0.1, 0.15) is 19.8 Å². The van der Waals surface area contributed by atoms with Gasteiger partial charge in [0.2, 0.25) is 5.91 Å². The molecule has 2 saturated heterocycles. The first-order chi connectivity index (χ1) is 13.0. The zero-order chi connectivity index (χ0) is 18.9. The second kappa shape index (κ2) is 7.48. The molecule has 1 N–H and O–H groups in total. The van der Waals surface area contributed by atoms with Crippen molar-refractivity contribution in [2.45, 2.75) is 19.8 Å². The fraction of sp³-hybridized carbons (Fsp3) is 0.526. The third-order valence-electron chi connectivity index (χ3n) is 5.37. The standard InChI is InChI=1S/C19H24ClN5O2/c1-19(12-27-13-19)11-22-18(26)14-3-6-24(7-4-14)17-9-21-5-2-16(17)25-10-15(20)8-23-25/h2,5,8-10,14H,3-4,6-7,11-13H2,1H3,(H,22,26). The Labute approximate surface area is 163 Å². The summed E-state index contributed by atoms with van der Waals surface area (Å²) in [6.07, 6.45) is 8.66. The molecule has 8 heteroatoms. The van der Waals surface area contributed by atoms with Crippen molar-refractivity contribution in [1.29, 1.82) is 0 Å². The van der Waals surface area contributed by atoms with E-state index in [1.54, 1.807) is 23.3 Å². The van der Waals surface area contributed by atoms with E-state index in [0.717, 1.165) is 50.5 Å². The van der Waals surface area contributed by atoms with Gasteiger partial charge in [0, 0.05) is 43.4 Å². The predicted octanol–water partition coefficient (Wildman–Crippen LogP) is 2.29. The molecule has 0 saturated carbocycles. The minimum absolute atomic E-state index is 0.0603. The molecule has 2 fully saturated rings. The van der Waals surface area contributed by atoms with Crippen LogP contribution in [-0.4, -0.2) is 53.5 Å². The van der Waals surface area contributed by atoms with Crippen LogP contribution < -0.4 is 10.2 Å². The molecule has 1 amide bonds. The normalized spacial score (nSPS) is 19.6. The van der Waals surface area contributed by atoms with Crippen LogP contribution in [0.4, 0.5) is 5.69 Å². The Kier molecular flexibility index (Phi) is 5.06. The lowest BCUT2D eigenvalue weighted by molar-refractivity contribution is -0.130. The molecule has 2 aliphatic rings. The topological polar surface area (TPSA) is 72.3 Å². The highest BCUT2D eigenvalue weighted by Gasteiger charge is 2.34. The highest BCUT2D eigenvalue weighted by molar-refractivity contribution is 6.30. The highest BCUT2D eigenvalue weighted by Crippen LogP contribution is 2.29. The van der Waals surface area contributed by atoms with Crippen molar-refractivity contribution in [1.82, 2.24) is 20.1 Å². The summed E-state index contributed by atoms with van der Waals surface area (Å²) in [5.41, 5.74) is 2.06. The fourth-order valence-corrected chi connectivity index (χ4v) is 3.76. The zero-order valence-corrected chi connectivity index (χ0v) is 16.2. The van der Waals surface area contributed by atoms with E-state index < -0.39 is 0 Å². The summed E-state index contributed by atoms with van der Waals surface area (Å²) >= 11 is 6.01. The van der Waals surface area contributed by atoms with E-state index in [1.807, 2.05) is 12.3 Å². The number of hydrogen-bond acceptors (Lipinski definition) is 5. The van der Waals surface area contributed by atoms with Gasteiger partial charge < -0.3 is 15.0 Å². The van der Waals surface area contributed by atoms with Crippen LogP contribution in [0.3, 0.4) is 0 Å². The fourth-order valence-electron chi connectivity index (χ4n) is 3.63. The second-order valence-electron chi connectivity index (χ2n) is 7.75. The summed E-state index contributed by atoms with van der Waals surface area (Å²) in [5, 5.41) is 8.01. The Balaban J connectivity index is 1.37. The van der Waals surface area contributed by atoms with Gasteiger partial charge in [-0.2, -0.15) is 5.10 Å². The lowest BCUT2D eigenvalue weighted by atomic mass is 9.88. The smallest absolute Gasteiger partial charge is 0.223 e. The Hall–Kier alpha value is -2.12. The van der Waals surface area contributed by atoms with Gasteiger partial charge in [-0.25, -0.2) is 4.68 Å². The number of rotatable bonds is 5. The summed E-state index contributed by atoms with van der Waals surface area (Å²) in [6.45, 7) is 5.92. The van der Waals surface area contributed by atoms with E-state index in [2.05, 4.69) is 27.2 Å². The predicted molar refractivity (Wildman–Crippen MR) is 103 cm³/mol. The first-order valence-electron chi connectivity index (χ1n) is 9.29. The number of pyridine rings is 1. The third-order valence-corrected chi connectivity index (χ3v) is 5.57. The van der Waals surface area contributed by atoms with Crippen molar-refractivity contribution in [3.05, 3.63) is 35.9 Å². The van der Waals surface area contributed by atoms with Gasteiger partial charge in [0.25, 0.3) is 0 Å². The monoisotopic (exact) mass is 389 g/mol. The average Bonchev–Trinajstić information content (AvgIpc) is 3.11. The van der Waals surface area contributed by atoms with E-state index in [-0.39, 0.29) is 17.2 Å². The SMILES string of the molecule is CC1(CNC(=O)C2CCN(c3cnccc3-n3cc(Cl)cn3)CC2)COC1. The molecule has 0 spiro atoms. The molecule has 0 atom stereocenters. The first kappa shape index (κ1) is 18.3. The van der Waals surface area contributed by atoms with Gasteiger partial charge in [-0.3, -0.25) is 9.78 Å². The lowest BCUT2D eigenvalue weighted by Crippen LogP contribution is -2.50. The first-order valence-corrected chi connectivity index (χ1v) is 9.67. The number of aromatic nitrogens is 3. The summed E-state index contributed by atoms with van der Waals surface area (Å²) in [4.78, 5) is 19.0. The number of hydrogen-bond donors (Lipinski definition) is 1. The molecule has 0 radical (unpaired) electrons. The average molecular weight is 390 g/mol. The third kappa shape index (κ3) is 3.94. The van der Waals surface area contributed by atoms with E-state index in [0.29, 0.717) is 11.6 Å². The van der Waals surface area contributed by atoms with Crippen molar-refractivity contribution in [3.8, 4) is 5.69 Å². The molecule has 144 valence electrons. The molecular weight excluding hydrogens is 366 g/mol. The quantitative estimate of drug-likeness (QED) is 0.849. The van der Waals surface area contributed by atoms with Crippen molar-refractivity contribution in [2.75, 3.05) is 37.7 Å². The number of piperidine rings is 1. The summed E-state index contributed by atoms with van der Waals surface area (Å²) < 4.78 is 7.01. The Morgan fingerprint density at radius 2 is 2.11 bits per heavy atom. The highest BCUT2D eigenvalue weighted by atomic mass is 35.5. The zero-order valence-electron chi connectivity index (χ0n) is 15.4. The van der Waals surface area contributed by atoms with Crippen molar-refractivity contribution < 1.29 is 9.53 Å². The molecule has 4 heterocycles. The van der Waals surface area contributed by atoms with E-state index >= 15 is 0 Å². The summed E-state index contributed by atoms with van der Waals surface area (Å²) in [5.74, 6) is 0.221. The number of anilines is 1. The van der Waals surface area contributed by atoms with Crippen LogP contribution in [-0.2, 0) is 9.53 Å². The molecule has 0 bridgehead atoms. The van der Waals surface area contributed by atoms with E-state index in [4.69, 9.17) is 16.3 Å². The molecule has 2 aromatic rings. The van der Waals surface area contributed by atoms with Gasteiger partial charge in [0.1, 0.15) is 0 Å². The van der Waals surface area contributed by atoms with Gasteiger partial charge in [0.05, 0.1) is 42.0 Å². The molecule has 0 unspecified atom stereocenters. The van der Waals surface area contributed by atoms with Gasteiger partial charge >= 0.3 is 0 Å². The summed E-state index contributed by atoms with van der Waals surface area (Å²) in [7, 11) is 0. The van der Waals surface area contributed by atoms with Gasteiger partial charge in [0.15, 0.2) is 0 Å². The van der Waals surface area contributed by atoms with Gasteiger partial charge in [-0.1, -0.05) is 18.5 Å². The Morgan fingerprint density at radius 1 is 1.33 bits per heavy atom. The van der Waals surface area contributed by atoms with Crippen LogP contribution >= 0.6 is 11.6 Å². The van der Waals surface area contributed by atoms with Crippen molar-refractivity contribution in [2.24, 2.45) is 11.3 Å². The number of amides is 1. The molecule has 0 aromatic carbocycles. The lowest BCUT2D eigenvalue weighted by Gasteiger charge is -2.39. The number of carbonyl (C=O) groups is 1. The van der Waals surface area contributed by atoms with Crippen LogP contribution in [0.2, 0.25) is 5.02 Å².